The highest BCUT2D eigenvalue weighted by Gasteiger charge is 2.15. The van der Waals surface area contributed by atoms with Gasteiger partial charge in [-0.3, -0.25) is 0 Å². The number of methoxy groups -OCH3 is 2. The van der Waals surface area contributed by atoms with E-state index in [1.165, 1.54) is 0 Å². The van der Waals surface area contributed by atoms with E-state index in [2.05, 4.69) is 10.2 Å². The predicted molar refractivity (Wildman–Crippen MR) is 75.8 cm³/mol. The smallest absolute Gasteiger partial charge is 0.171 e. The maximum atomic E-state index is 5.50. The van der Waals surface area contributed by atoms with Crippen molar-refractivity contribution in [2.45, 2.75) is 12.8 Å². The standard InChI is InChI=1S/C13H17N3O2S/c1-17-10-6-3-5-9(12(10)18-2)13-16-15-11(19-13)7-4-8-14/h3,5-6H,4,7-8,14H2,1-2H3. The molecule has 0 amide bonds. The first-order valence-electron chi connectivity index (χ1n) is 6.04. The van der Waals surface area contributed by atoms with Crippen LogP contribution in [0, 0.1) is 0 Å². The fourth-order valence-corrected chi connectivity index (χ4v) is 2.68. The monoisotopic (exact) mass is 279 g/mol. The molecule has 6 heteroatoms. The van der Waals surface area contributed by atoms with Crippen LogP contribution in [0.15, 0.2) is 18.2 Å². The molecule has 0 radical (unpaired) electrons. The first kappa shape index (κ1) is 13.8. The Balaban J connectivity index is 2.33. The van der Waals surface area contributed by atoms with Crippen LogP contribution in [-0.2, 0) is 6.42 Å². The molecule has 1 aromatic carbocycles. The molecule has 1 aromatic heterocycles. The summed E-state index contributed by atoms with van der Waals surface area (Å²) in [4.78, 5) is 0. The van der Waals surface area contributed by atoms with Crippen molar-refractivity contribution in [1.82, 2.24) is 10.2 Å². The third kappa shape index (κ3) is 3.02. The second kappa shape index (κ2) is 6.49. The highest BCUT2D eigenvalue weighted by atomic mass is 32.1. The van der Waals surface area contributed by atoms with Crippen molar-refractivity contribution in [3.8, 4) is 22.1 Å². The summed E-state index contributed by atoms with van der Waals surface area (Å²) in [5, 5.41) is 10.2. The molecule has 0 aliphatic carbocycles. The van der Waals surface area contributed by atoms with E-state index in [9.17, 15) is 0 Å². The lowest BCUT2D eigenvalue weighted by molar-refractivity contribution is 0.356. The van der Waals surface area contributed by atoms with Crippen LogP contribution in [-0.4, -0.2) is 31.0 Å². The Labute approximate surface area is 116 Å². The van der Waals surface area contributed by atoms with E-state index in [0.717, 1.165) is 28.4 Å². The summed E-state index contributed by atoms with van der Waals surface area (Å²) in [6.07, 6.45) is 1.78. The molecule has 0 aliphatic heterocycles. The van der Waals surface area contributed by atoms with Crippen molar-refractivity contribution in [2.24, 2.45) is 5.73 Å². The lowest BCUT2D eigenvalue weighted by Gasteiger charge is -2.10. The van der Waals surface area contributed by atoms with Crippen molar-refractivity contribution in [1.29, 1.82) is 0 Å². The quantitative estimate of drug-likeness (QED) is 0.877. The van der Waals surface area contributed by atoms with Crippen LogP contribution >= 0.6 is 11.3 Å². The van der Waals surface area contributed by atoms with Gasteiger partial charge in [0.05, 0.1) is 19.8 Å². The molecule has 0 unspecified atom stereocenters. The molecular weight excluding hydrogens is 262 g/mol. The number of nitrogens with two attached hydrogens (primary N) is 1. The summed E-state index contributed by atoms with van der Waals surface area (Å²) < 4.78 is 10.7. The van der Waals surface area contributed by atoms with Gasteiger partial charge in [0.15, 0.2) is 16.5 Å². The van der Waals surface area contributed by atoms with Crippen LogP contribution in [0.5, 0.6) is 11.5 Å². The first-order chi connectivity index (χ1) is 9.30. The van der Waals surface area contributed by atoms with Crippen LogP contribution < -0.4 is 15.2 Å². The molecule has 2 rings (SSSR count). The number of aryl methyl sites for hydroxylation is 1. The summed E-state index contributed by atoms with van der Waals surface area (Å²) in [5.74, 6) is 1.38. The fraction of sp³-hybridized carbons (Fsp3) is 0.385. The van der Waals surface area contributed by atoms with Gasteiger partial charge >= 0.3 is 0 Å². The highest BCUT2D eigenvalue weighted by Crippen LogP contribution is 2.38. The summed E-state index contributed by atoms with van der Waals surface area (Å²) in [6, 6.07) is 5.73. The number of aromatic nitrogens is 2. The van der Waals surface area contributed by atoms with Gasteiger partial charge in [-0.1, -0.05) is 17.4 Å². The van der Waals surface area contributed by atoms with Gasteiger partial charge in [0.2, 0.25) is 0 Å². The van der Waals surface area contributed by atoms with Crippen molar-refractivity contribution < 1.29 is 9.47 Å². The minimum absolute atomic E-state index is 0.664. The van der Waals surface area contributed by atoms with E-state index in [-0.39, 0.29) is 0 Å². The molecule has 1 heterocycles. The topological polar surface area (TPSA) is 70.3 Å². The molecule has 0 bridgehead atoms. The molecule has 0 fully saturated rings. The molecule has 0 spiro atoms. The number of benzene rings is 1. The molecule has 2 aromatic rings. The number of ether oxygens (including phenoxy) is 2. The third-order valence-corrected chi connectivity index (χ3v) is 3.71. The van der Waals surface area contributed by atoms with E-state index >= 15 is 0 Å². The van der Waals surface area contributed by atoms with E-state index in [1.54, 1.807) is 25.6 Å². The third-order valence-electron chi connectivity index (χ3n) is 2.69. The van der Waals surface area contributed by atoms with Crippen LogP contribution in [0.2, 0.25) is 0 Å². The summed E-state index contributed by atoms with van der Waals surface area (Å²) >= 11 is 1.56. The van der Waals surface area contributed by atoms with E-state index < -0.39 is 0 Å². The Morgan fingerprint density at radius 2 is 2.05 bits per heavy atom. The minimum atomic E-state index is 0.664. The van der Waals surface area contributed by atoms with E-state index in [1.807, 2.05) is 18.2 Å². The molecule has 19 heavy (non-hydrogen) atoms. The number of rotatable bonds is 6. The molecule has 0 aliphatic rings. The second-order valence-electron chi connectivity index (χ2n) is 3.93. The van der Waals surface area contributed by atoms with Crippen molar-refractivity contribution in [2.75, 3.05) is 20.8 Å². The van der Waals surface area contributed by atoms with Gasteiger partial charge in [-0.25, -0.2) is 0 Å². The van der Waals surface area contributed by atoms with Crippen LogP contribution in [0.1, 0.15) is 11.4 Å². The first-order valence-corrected chi connectivity index (χ1v) is 6.85. The Morgan fingerprint density at radius 3 is 2.74 bits per heavy atom. The maximum Gasteiger partial charge on any atom is 0.171 e. The normalized spacial score (nSPS) is 10.5. The summed E-state index contributed by atoms with van der Waals surface area (Å²) in [7, 11) is 3.24. The van der Waals surface area contributed by atoms with Gasteiger partial charge in [-0.15, -0.1) is 10.2 Å². The van der Waals surface area contributed by atoms with E-state index in [4.69, 9.17) is 15.2 Å². The summed E-state index contributed by atoms with van der Waals surface area (Å²) in [6.45, 7) is 0.664. The van der Waals surface area contributed by atoms with Gasteiger partial charge in [-0.2, -0.15) is 0 Å². The zero-order chi connectivity index (χ0) is 13.7. The van der Waals surface area contributed by atoms with Gasteiger partial charge in [-0.05, 0) is 25.1 Å². The second-order valence-corrected chi connectivity index (χ2v) is 5.00. The highest BCUT2D eigenvalue weighted by molar-refractivity contribution is 7.14. The largest absolute Gasteiger partial charge is 0.493 e. The average molecular weight is 279 g/mol. The lowest BCUT2D eigenvalue weighted by atomic mass is 10.2. The van der Waals surface area contributed by atoms with Crippen molar-refractivity contribution in [3.05, 3.63) is 23.2 Å². The minimum Gasteiger partial charge on any atom is -0.493 e. The molecule has 0 saturated heterocycles. The SMILES string of the molecule is COc1cccc(-c2nnc(CCCN)s2)c1OC. The Morgan fingerprint density at radius 1 is 1.21 bits per heavy atom. The van der Waals surface area contributed by atoms with Crippen LogP contribution in [0.4, 0.5) is 0 Å². The number of nitrogens with zero attached hydrogens (tertiary/aromatic N) is 2. The maximum absolute atomic E-state index is 5.50. The van der Waals surface area contributed by atoms with Gasteiger partial charge < -0.3 is 15.2 Å². The van der Waals surface area contributed by atoms with Crippen LogP contribution in [0.25, 0.3) is 10.6 Å². The van der Waals surface area contributed by atoms with Gasteiger partial charge in [0, 0.05) is 6.42 Å². The Hall–Kier alpha value is -1.66. The zero-order valence-corrected chi connectivity index (χ0v) is 11.9. The molecule has 0 saturated carbocycles. The molecular formula is C13H17N3O2S. The number of hydrogen-bond acceptors (Lipinski definition) is 6. The average Bonchev–Trinajstić information content (AvgIpc) is 2.92. The van der Waals surface area contributed by atoms with E-state index in [0.29, 0.717) is 18.0 Å². The predicted octanol–water partition coefficient (Wildman–Crippen LogP) is 2.11. The van der Waals surface area contributed by atoms with Gasteiger partial charge in [0.25, 0.3) is 0 Å². The fourth-order valence-electron chi connectivity index (χ4n) is 1.77. The molecule has 5 nitrogen and oxygen atoms in total. The molecule has 0 atom stereocenters. The Bertz CT molecular complexity index is 542. The number of hydrogen-bond donors (Lipinski definition) is 1. The van der Waals surface area contributed by atoms with Crippen molar-refractivity contribution in [3.63, 3.8) is 0 Å². The molecule has 102 valence electrons. The van der Waals surface area contributed by atoms with Crippen LogP contribution in [0.3, 0.4) is 0 Å². The lowest BCUT2D eigenvalue weighted by Crippen LogP contribution is -1.99. The number of para-hydroxylation sites is 1. The summed E-state index contributed by atoms with van der Waals surface area (Å²) in [5.41, 5.74) is 6.40. The molecule has 2 N–H and O–H groups in total. The van der Waals surface area contributed by atoms with Crippen molar-refractivity contribution >= 4 is 11.3 Å². The Kier molecular flexibility index (Phi) is 4.70. The zero-order valence-electron chi connectivity index (χ0n) is 11.0. The van der Waals surface area contributed by atoms with Gasteiger partial charge in [0.1, 0.15) is 5.01 Å².